The summed E-state index contributed by atoms with van der Waals surface area (Å²) in [5, 5.41) is 6.32. The van der Waals surface area contributed by atoms with Gasteiger partial charge < -0.3 is 20.1 Å². The Kier molecular flexibility index (Phi) is 8.11. The Morgan fingerprint density at radius 1 is 0.875 bits per heavy atom. The summed E-state index contributed by atoms with van der Waals surface area (Å²) in [4.78, 5) is 24.3. The molecule has 6 nitrogen and oxygen atoms in total. The number of hydrogen-bond donors (Lipinski definition) is 2. The molecule has 0 saturated heterocycles. The summed E-state index contributed by atoms with van der Waals surface area (Å²) >= 11 is 5.91. The van der Waals surface area contributed by atoms with Crippen LogP contribution in [0.25, 0.3) is 0 Å². The number of methoxy groups -OCH3 is 1. The van der Waals surface area contributed by atoms with E-state index in [9.17, 15) is 9.59 Å². The fourth-order valence-corrected chi connectivity index (χ4v) is 3.09. The molecule has 0 saturated carbocycles. The van der Waals surface area contributed by atoms with Crippen LogP contribution in [0.1, 0.15) is 35.7 Å². The van der Waals surface area contributed by atoms with Crippen molar-refractivity contribution in [2.24, 2.45) is 0 Å². The third kappa shape index (κ3) is 6.49. The minimum atomic E-state index is -0.282. The highest BCUT2D eigenvalue weighted by molar-refractivity contribution is 6.30. The fraction of sp³-hybridized carbons (Fsp3) is 0.200. The van der Waals surface area contributed by atoms with E-state index in [1.54, 1.807) is 54.6 Å². The van der Waals surface area contributed by atoms with Crippen molar-refractivity contribution in [1.82, 2.24) is 0 Å². The average molecular weight is 453 g/mol. The summed E-state index contributed by atoms with van der Waals surface area (Å²) in [6.07, 6.45) is 1.26. The Balaban J connectivity index is 1.62. The highest BCUT2D eigenvalue weighted by Gasteiger charge is 2.12. The Morgan fingerprint density at radius 2 is 1.53 bits per heavy atom. The Hall–Kier alpha value is -3.51. The predicted octanol–water partition coefficient (Wildman–Crippen LogP) is 5.92. The van der Waals surface area contributed by atoms with Gasteiger partial charge in [-0.05, 0) is 66.6 Å². The lowest BCUT2D eigenvalue weighted by molar-refractivity contribution is -0.116. The molecule has 0 spiro atoms. The van der Waals surface area contributed by atoms with Gasteiger partial charge in [-0.15, -0.1) is 0 Å². The SMILES string of the molecule is CCCC(=O)Nc1ccc(NC(=O)c2ccc(OCc3ccc(Cl)cc3)c(OC)c2)cc1. The molecule has 0 heterocycles. The zero-order valence-corrected chi connectivity index (χ0v) is 18.7. The van der Waals surface area contributed by atoms with Crippen molar-refractivity contribution in [3.05, 3.63) is 82.9 Å². The molecule has 2 N–H and O–H groups in total. The van der Waals surface area contributed by atoms with E-state index in [-0.39, 0.29) is 11.8 Å². The molecule has 0 radical (unpaired) electrons. The lowest BCUT2D eigenvalue weighted by Gasteiger charge is -2.13. The Labute approximate surface area is 192 Å². The fourth-order valence-electron chi connectivity index (χ4n) is 2.96. The summed E-state index contributed by atoms with van der Waals surface area (Å²) in [5.41, 5.74) is 2.70. The van der Waals surface area contributed by atoms with Gasteiger partial charge in [-0.1, -0.05) is 30.7 Å². The molecule has 0 aromatic heterocycles. The van der Waals surface area contributed by atoms with Crippen LogP contribution in [0.15, 0.2) is 66.7 Å². The van der Waals surface area contributed by atoms with E-state index in [1.165, 1.54) is 7.11 Å². The van der Waals surface area contributed by atoms with E-state index in [0.29, 0.717) is 46.5 Å². The van der Waals surface area contributed by atoms with Crippen molar-refractivity contribution >= 4 is 34.8 Å². The second-order valence-corrected chi connectivity index (χ2v) is 7.55. The van der Waals surface area contributed by atoms with Gasteiger partial charge in [-0.25, -0.2) is 0 Å². The first kappa shape index (κ1) is 23.2. The monoisotopic (exact) mass is 452 g/mol. The molecule has 0 aliphatic rings. The zero-order valence-electron chi connectivity index (χ0n) is 18.0. The number of benzene rings is 3. The number of carbonyl (C=O) groups is 2. The van der Waals surface area contributed by atoms with E-state index in [2.05, 4.69) is 10.6 Å². The molecule has 3 rings (SSSR count). The minimum absolute atomic E-state index is 0.0326. The quantitative estimate of drug-likeness (QED) is 0.422. The van der Waals surface area contributed by atoms with Crippen LogP contribution in [0.4, 0.5) is 11.4 Å². The molecule has 32 heavy (non-hydrogen) atoms. The second-order valence-electron chi connectivity index (χ2n) is 7.11. The van der Waals surface area contributed by atoms with Crippen LogP contribution in [-0.4, -0.2) is 18.9 Å². The van der Waals surface area contributed by atoms with E-state index in [1.807, 2.05) is 19.1 Å². The topological polar surface area (TPSA) is 76.7 Å². The first-order chi connectivity index (χ1) is 15.5. The number of rotatable bonds is 9. The largest absolute Gasteiger partial charge is 0.493 e. The highest BCUT2D eigenvalue weighted by Crippen LogP contribution is 2.29. The molecule has 7 heteroatoms. The van der Waals surface area contributed by atoms with Crippen LogP contribution >= 0.6 is 11.6 Å². The number of nitrogens with one attached hydrogen (secondary N) is 2. The molecule has 0 aliphatic heterocycles. The van der Waals surface area contributed by atoms with Crippen molar-refractivity contribution in [2.75, 3.05) is 17.7 Å². The molecule has 3 aromatic rings. The third-order valence-corrected chi connectivity index (χ3v) is 4.89. The summed E-state index contributed by atoms with van der Waals surface area (Å²) in [5.74, 6) is 0.678. The first-order valence-corrected chi connectivity index (χ1v) is 10.6. The molecule has 0 unspecified atom stereocenters. The number of hydrogen-bond acceptors (Lipinski definition) is 4. The maximum absolute atomic E-state index is 12.7. The third-order valence-electron chi connectivity index (χ3n) is 4.64. The van der Waals surface area contributed by atoms with E-state index in [0.717, 1.165) is 12.0 Å². The van der Waals surface area contributed by atoms with Crippen molar-refractivity contribution in [1.29, 1.82) is 0 Å². The maximum Gasteiger partial charge on any atom is 0.255 e. The van der Waals surface area contributed by atoms with Gasteiger partial charge in [0.15, 0.2) is 11.5 Å². The van der Waals surface area contributed by atoms with Crippen molar-refractivity contribution in [3.8, 4) is 11.5 Å². The van der Waals surface area contributed by atoms with Gasteiger partial charge in [0, 0.05) is 28.4 Å². The van der Waals surface area contributed by atoms with Crippen LogP contribution < -0.4 is 20.1 Å². The van der Waals surface area contributed by atoms with E-state index < -0.39 is 0 Å². The predicted molar refractivity (Wildman–Crippen MR) is 127 cm³/mol. The summed E-state index contributed by atoms with van der Waals surface area (Å²) in [6.45, 7) is 2.30. The molecule has 0 atom stereocenters. The Bertz CT molecular complexity index is 1070. The molecule has 0 fully saturated rings. The molecule has 2 amide bonds. The van der Waals surface area contributed by atoms with Crippen molar-refractivity contribution in [3.63, 3.8) is 0 Å². The first-order valence-electron chi connectivity index (χ1n) is 10.2. The number of carbonyl (C=O) groups excluding carboxylic acids is 2. The molecule has 3 aromatic carbocycles. The van der Waals surface area contributed by atoms with E-state index in [4.69, 9.17) is 21.1 Å². The van der Waals surface area contributed by atoms with Gasteiger partial charge >= 0.3 is 0 Å². The van der Waals surface area contributed by atoms with Crippen LogP contribution in [0.2, 0.25) is 5.02 Å². The minimum Gasteiger partial charge on any atom is -0.493 e. The number of halogens is 1. The average Bonchev–Trinajstić information content (AvgIpc) is 2.80. The maximum atomic E-state index is 12.7. The standard InChI is InChI=1S/C25H25ClN2O4/c1-3-4-24(29)27-20-10-12-21(13-11-20)28-25(30)18-7-14-22(23(15-18)31-2)32-16-17-5-8-19(26)9-6-17/h5-15H,3-4,16H2,1-2H3,(H,27,29)(H,28,30). The Morgan fingerprint density at radius 3 is 2.16 bits per heavy atom. The lowest BCUT2D eigenvalue weighted by Crippen LogP contribution is -2.13. The van der Waals surface area contributed by atoms with Gasteiger partial charge in [0.05, 0.1) is 7.11 Å². The second kappa shape index (κ2) is 11.2. The number of ether oxygens (including phenoxy) is 2. The van der Waals surface area contributed by atoms with Gasteiger partial charge in [-0.3, -0.25) is 9.59 Å². The van der Waals surface area contributed by atoms with Gasteiger partial charge in [0.25, 0.3) is 5.91 Å². The summed E-state index contributed by atoms with van der Waals surface area (Å²) in [6, 6.07) is 19.4. The van der Waals surface area contributed by atoms with Gasteiger partial charge in [0.2, 0.25) is 5.91 Å². The number of anilines is 2. The molecular formula is C25H25ClN2O4. The van der Waals surface area contributed by atoms with Gasteiger partial charge in [-0.2, -0.15) is 0 Å². The van der Waals surface area contributed by atoms with Crippen LogP contribution in [0, 0.1) is 0 Å². The highest BCUT2D eigenvalue weighted by atomic mass is 35.5. The lowest BCUT2D eigenvalue weighted by atomic mass is 10.1. The smallest absolute Gasteiger partial charge is 0.255 e. The normalized spacial score (nSPS) is 10.3. The zero-order chi connectivity index (χ0) is 22.9. The molecule has 0 aliphatic carbocycles. The molecular weight excluding hydrogens is 428 g/mol. The van der Waals surface area contributed by atoms with Crippen molar-refractivity contribution < 1.29 is 19.1 Å². The number of amides is 2. The molecule has 0 bridgehead atoms. The summed E-state index contributed by atoms with van der Waals surface area (Å²) < 4.78 is 11.2. The van der Waals surface area contributed by atoms with Gasteiger partial charge in [0.1, 0.15) is 6.61 Å². The van der Waals surface area contributed by atoms with Crippen LogP contribution in [0.3, 0.4) is 0 Å². The van der Waals surface area contributed by atoms with Crippen LogP contribution in [-0.2, 0) is 11.4 Å². The van der Waals surface area contributed by atoms with Crippen LogP contribution in [0.5, 0.6) is 11.5 Å². The summed E-state index contributed by atoms with van der Waals surface area (Å²) in [7, 11) is 1.53. The van der Waals surface area contributed by atoms with E-state index >= 15 is 0 Å². The molecule has 166 valence electrons. The van der Waals surface area contributed by atoms with Crippen molar-refractivity contribution in [2.45, 2.75) is 26.4 Å².